The molecule has 1 saturated heterocycles. The van der Waals surface area contributed by atoms with Crippen LogP contribution < -0.4 is 10.6 Å². The first kappa shape index (κ1) is 21.7. The number of guanidine groups is 1. The Kier molecular flexibility index (Phi) is 7.64. The molecule has 0 spiro atoms. The van der Waals surface area contributed by atoms with Gasteiger partial charge in [-0.1, -0.05) is 12.1 Å². The Morgan fingerprint density at radius 1 is 1.19 bits per heavy atom. The third-order valence-corrected chi connectivity index (χ3v) is 5.80. The van der Waals surface area contributed by atoms with E-state index in [1.54, 1.807) is 24.3 Å². The highest BCUT2D eigenvalue weighted by Crippen LogP contribution is 2.15. The van der Waals surface area contributed by atoms with E-state index in [4.69, 9.17) is 4.74 Å². The predicted octanol–water partition coefficient (Wildman–Crippen LogP) is 1.26. The molecule has 8 heteroatoms. The van der Waals surface area contributed by atoms with Gasteiger partial charge in [0.05, 0.1) is 24.7 Å². The van der Waals surface area contributed by atoms with Gasteiger partial charge < -0.3 is 15.4 Å². The molecule has 0 radical (unpaired) electrons. The molecule has 0 aromatic heterocycles. The third-order valence-electron chi connectivity index (χ3n) is 4.67. The molecule has 2 rings (SSSR count). The van der Waals surface area contributed by atoms with Gasteiger partial charge in [-0.25, -0.2) is 13.4 Å². The van der Waals surface area contributed by atoms with Gasteiger partial charge in [0.15, 0.2) is 15.8 Å². The van der Waals surface area contributed by atoms with Gasteiger partial charge in [0, 0.05) is 38.0 Å². The molecule has 1 aliphatic heterocycles. The number of benzene rings is 1. The molecule has 152 valence electrons. The molecule has 0 atom stereocenters. The molecular weight excluding hydrogens is 364 g/mol. The molecule has 0 saturated carbocycles. The monoisotopic (exact) mass is 396 g/mol. The van der Waals surface area contributed by atoms with E-state index in [-0.39, 0.29) is 5.54 Å². The fourth-order valence-electron chi connectivity index (χ4n) is 2.93. The molecule has 2 N–H and O–H groups in total. The topological polar surface area (TPSA) is 83.0 Å². The highest BCUT2D eigenvalue weighted by molar-refractivity contribution is 7.90. The van der Waals surface area contributed by atoms with Crippen molar-refractivity contribution in [2.24, 2.45) is 4.99 Å². The number of nitrogens with zero attached hydrogens (tertiary/aromatic N) is 2. The molecule has 1 fully saturated rings. The lowest BCUT2D eigenvalue weighted by atomic mass is 10.0. The summed E-state index contributed by atoms with van der Waals surface area (Å²) in [5.41, 5.74) is 0.962. The lowest BCUT2D eigenvalue weighted by Crippen LogP contribution is -2.56. The quantitative estimate of drug-likeness (QED) is 0.533. The van der Waals surface area contributed by atoms with Crippen LogP contribution in [0.1, 0.15) is 26.3 Å². The zero-order valence-corrected chi connectivity index (χ0v) is 17.6. The molecule has 1 aromatic rings. The van der Waals surface area contributed by atoms with Crippen molar-refractivity contribution in [1.82, 2.24) is 15.5 Å². The summed E-state index contributed by atoms with van der Waals surface area (Å²) in [6.07, 6.45) is 1.21. The van der Waals surface area contributed by atoms with E-state index in [2.05, 4.69) is 34.4 Å². The average molecular weight is 397 g/mol. The maximum Gasteiger partial charge on any atom is 0.191 e. The molecule has 0 unspecified atom stereocenters. The van der Waals surface area contributed by atoms with E-state index in [9.17, 15) is 8.42 Å². The minimum Gasteiger partial charge on any atom is -0.379 e. The number of hydrogen-bond donors (Lipinski definition) is 2. The smallest absolute Gasteiger partial charge is 0.191 e. The lowest BCUT2D eigenvalue weighted by Gasteiger charge is -2.41. The van der Waals surface area contributed by atoms with Crippen LogP contribution in [0.15, 0.2) is 34.2 Å². The third kappa shape index (κ3) is 6.79. The van der Waals surface area contributed by atoms with Gasteiger partial charge in [-0.2, -0.15) is 0 Å². The van der Waals surface area contributed by atoms with Crippen LogP contribution in [0.2, 0.25) is 0 Å². The van der Waals surface area contributed by atoms with Gasteiger partial charge in [0.2, 0.25) is 0 Å². The summed E-state index contributed by atoms with van der Waals surface area (Å²) < 4.78 is 28.5. The van der Waals surface area contributed by atoms with Gasteiger partial charge in [-0.3, -0.25) is 4.90 Å². The number of morpholine rings is 1. The van der Waals surface area contributed by atoms with Crippen LogP contribution in [0.3, 0.4) is 0 Å². The fraction of sp³-hybridized carbons (Fsp3) is 0.632. The number of hydrogen-bond acceptors (Lipinski definition) is 5. The second kappa shape index (κ2) is 9.52. The molecule has 27 heavy (non-hydrogen) atoms. The van der Waals surface area contributed by atoms with Crippen molar-refractivity contribution in [2.75, 3.05) is 45.6 Å². The molecule has 1 aliphatic rings. The largest absolute Gasteiger partial charge is 0.379 e. The van der Waals surface area contributed by atoms with Gasteiger partial charge in [0.1, 0.15) is 0 Å². The lowest BCUT2D eigenvalue weighted by molar-refractivity contribution is -0.00834. The average Bonchev–Trinajstić information content (AvgIpc) is 2.64. The summed E-state index contributed by atoms with van der Waals surface area (Å²) in [5, 5.41) is 6.69. The highest BCUT2D eigenvalue weighted by Gasteiger charge is 2.28. The normalized spacial score (nSPS) is 17.0. The molecule has 0 aliphatic carbocycles. The van der Waals surface area contributed by atoms with Crippen LogP contribution >= 0.6 is 0 Å². The van der Waals surface area contributed by atoms with E-state index in [1.165, 1.54) is 6.26 Å². The Morgan fingerprint density at radius 2 is 1.81 bits per heavy atom. The summed E-state index contributed by atoms with van der Waals surface area (Å²) in [6, 6.07) is 6.87. The van der Waals surface area contributed by atoms with Crippen LogP contribution in [0.5, 0.6) is 0 Å². The molecule has 0 bridgehead atoms. The molecule has 1 heterocycles. The van der Waals surface area contributed by atoms with Gasteiger partial charge in [-0.15, -0.1) is 0 Å². The zero-order valence-electron chi connectivity index (χ0n) is 16.8. The number of rotatable bonds is 7. The van der Waals surface area contributed by atoms with Crippen molar-refractivity contribution in [1.29, 1.82) is 0 Å². The SMILES string of the molecule is CCNC(=NCc1ccc(S(C)(=O)=O)cc1)NCC(C)(C)N1CCOCC1. The van der Waals surface area contributed by atoms with Crippen LogP contribution in [-0.2, 0) is 21.1 Å². The van der Waals surface area contributed by atoms with Gasteiger partial charge in [-0.05, 0) is 38.5 Å². The second-order valence-corrected chi connectivity index (χ2v) is 9.39. The minimum absolute atomic E-state index is 0.00287. The Morgan fingerprint density at radius 3 is 2.37 bits per heavy atom. The summed E-state index contributed by atoms with van der Waals surface area (Å²) in [7, 11) is -3.17. The van der Waals surface area contributed by atoms with E-state index in [0.717, 1.165) is 50.9 Å². The number of sulfone groups is 1. The predicted molar refractivity (Wildman–Crippen MR) is 109 cm³/mol. The maximum absolute atomic E-state index is 11.5. The fourth-order valence-corrected chi connectivity index (χ4v) is 3.57. The number of nitrogens with one attached hydrogen (secondary N) is 2. The first-order chi connectivity index (χ1) is 12.7. The summed E-state index contributed by atoms with van der Waals surface area (Å²) in [6.45, 7) is 11.9. The van der Waals surface area contributed by atoms with Crippen molar-refractivity contribution >= 4 is 15.8 Å². The van der Waals surface area contributed by atoms with Crippen LogP contribution in [-0.4, -0.2) is 70.5 Å². The number of ether oxygens (including phenoxy) is 1. The van der Waals surface area contributed by atoms with E-state index < -0.39 is 9.84 Å². The first-order valence-corrected chi connectivity index (χ1v) is 11.3. The second-order valence-electron chi connectivity index (χ2n) is 7.38. The number of aliphatic imine (C=N–C) groups is 1. The van der Waals surface area contributed by atoms with Crippen molar-refractivity contribution < 1.29 is 13.2 Å². The van der Waals surface area contributed by atoms with Crippen molar-refractivity contribution in [3.63, 3.8) is 0 Å². The van der Waals surface area contributed by atoms with E-state index in [1.807, 2.05) is 6.92 Å². The Balaban J connectivity index is 1.97. The highest BCUT2D eigenvalue weighted by atomic mass is 32.2. The summed E-state index contributed by atoms with van der Waals surface area (Å²) >= 11 is 0. The molecule has 1 aromatic carbocycles. The van der Waals surface area contributed by atoms with Gasteiger partial charge >= 0.3 is 0 Å². The Bertz CT molecular complexity index is 724. The van der Waals surface area contributed by atoms with Crippen LogP contribution in [0, 0.1) is 0 Å². The van der Waals surface area contributed by atoms with E-state index >= 15 is 0 Å². The summed E-state index contributed by atoms with van der Waals surface area (Å²) in [5.74, 6) is 0.756. The zero-order chi connectivity index (χ0) is 19.9. The standard InChI is InChI=1S/C19H32N4O3S/c1-5-20-18(22-15-19(2,3)23-10-12-26-13-11-23)21-14-16-6-8-17(9-7-16)27(4,24)25/h6-9H,5,10-15H2,1-4H3,(H2,20,21,22). The minimum atomic E-state index is -3.17. The van der Waals surface area contributed by atoms with Crippen molar-refractivity contribution in [2.45, 2.75) is 37.8 Å². The molecule has 7 nitrogen and oxygen atoms in total. The first-order valence-electron chi connectivity index (χ1n) is 9.36. The molecule has 0 amide bonds. The molecular formula is C19H32N4O3S. The van der Waals surface area contributed by atoms with E-state index in [0.29, 0.717) is 11.4 Å². The van der Waals surface area contributed by atoms with Gasteiger partial charge in [0.25, 0.3) is 0 Å². The maximum atomic E-state index is 11.5. The van der Waals surface area contributed by atoms with Crippen molar-refractivity contribution in [3.05, 3.63) is 29.8 Å². The Labute approximate surface area is 163 Å². The van der Waals surface area contributed by atoms with Crippen molar-refractivity contribution in [3.8, 4) is 0 Å². The summed E-state index contributed by atoms with van der Waals surface area (Å²) in [4.78, 5) is 7.38. The van der Waals surface area contributed by atoms with Crippen LogP contribution in [0.25, 0.3) is 0 Å². The van der Waals surface area contributed by atoms with Crippen LogP contribution in [0.4, 0.5) is 0 Å². The Hall–Kier alpha value is -1.64.